The van der Waals surface area contributed by atoms with E-state index in [0.717, 1.165) is 5.76 Å². The Kier molecular flexibility index (Phi) is 3.77. The molecule has 1 atom stereocenters. The summed E-state index contributed by atoms with van der Waals surface area (Å²) in [5.41, 5.74) is 6.74. The van der Waals surface area contributed by atoms with E-state index in [9.17, 15) is 4.39 Å². The summed E-state index contributed by atoms with van der Waals surface area (Å²) >= 11 is 5.64. The molecule has 0 aliphatic carbocycles. The Morgan fingerprint density at radius 2 is 2.28 bits per heavy atom. The first-order valence-corrected chi connectivity index (χ1v) is 5.97. The molecule has 0 aliphatic heterocycles. The molecule has 0 radical (unpaired) electrons. The first-order chi connectivity index (χ1) is 8.56. The molecular weight excluding hydrogens is 255 g/mol. The van der Waals surface area contributed by atoms with Crippen LogP contribution in [0.15, 0.2) is 34.9 Å². The zero-order valence-electron chi connectivity index (χ0n) is 9.91. The Morgan fingerprint density at radius 1 is 1.50 bits per heavy atom. The fraction of sp³-hybridized carbons (Fsp3) is 0.231. The molecule has 1 heterocycles. The van der Waals surface area contributed by atoms with Gasteiger partial charge in [-0.25, -0.2) is 4.39 Å². The van der Waals surface area contributed by atoms with E-state index in [1.807, 2.05) is 19.1 Å². The number of furan rings is 1. The monoisotopic (exact) mass is 268 g/mol. The number of nitrogens with one attached hydrogen (secondary N) is 1. The van der Waals surface area contributed by atoms with Crippen molar-refractivity contribution in [3.63, 3.8) is 0 Å². The van der Waals surface area contributed by atoms with Gasteiger partial charge in [0, 0.05) is 18.5 Å². The highest BCUT2D eigenvalue weighted by atomic mass is 35.5. The lowest BCUT2D eigenvalue weighted by Crippen LogP contribution is -2.18. The van der Waals surface area contributed by atoms with E-state index in [2.05, 4.69) is 5.32 Å². The van der Waals surface area contributed by atoms with E-state index in [1.165, 1.54) is 12.1 Å². The first kappa shape index (κ1) is 12.8. The van der Waals surface area contributed by atoms with Crippen molar-refractivity contribution in [3.8, 4) is 0 Å². The molecular formula is C13H14ClFN2O. The van der Waals surface area contributed by atoms with E-state index in [0.29, 0.717) is 17.8 Å². The first-order valence-electron chi connectivity index (χ1n) is 5.59. The Balaban J connectivity index is 2.07. The molecule has 1 aromatic heterocycles. The molecule has 3 nitrogen and oxygen atoms in total. The lowest BCUT2D eigenvalue weighted by atomic mass is 10.1. The van der Waals surface area contributed by atoms with Gasteiger partial charge in [0.15, 0.2) is 0 Å². The van der Waals surface area contributed by atoms with Crippen LogP contribution in [-0.2, 0) is 6.42 Å². The molecule has 0 saturated carbocycles. The van der Waals surface area contributed by atoms with E-state index in [4.69, 9.17) is 21.8 Å². The number of hydrogen-bond donors (Lipinski definition) is 2. The maximum absolute atomic E-state index is 13.3. The number of nitrogens with two attached hydrogens (primary N) is 1. The average Bonchev–Trinajstić information content (AvgIpc) is 2.78. The predicted octanol–water partition coefficient (Wildman–Crippen LogP) is 3.70. The van der Waals surface area contributed by atoms with Crippen molar-refractivity contribution in [3.05, 3.63) is 47.1 Å². The fourth-order valence-corrected chi connectivity index (χ4v) is 1.91. The molecule has 2 aromatic rings. The second kappa shape index (κ2) is 5.31. The van der Waals surface area contributed by atoms with E-state index < -0.39 is 5.82 Å². The van der Waals surface area contributed by atoms with Crippen LogP contribution in [0, 0.1) is 5.82 Å². The Bertz CT molecular complexity index is 528. The van der Waals surface area contributed by atoms with Crippen LogP contribution in [0.3, 0.4) is 0 Å². The van der Waals surface area contributed by atoms with E-state index >= 15 is 0 Å². The minimum Gasteiger partial charge on any atom is -0.469 e. The molecule has 0 bridgehead atoms. The van der Waals surface area contributed by atoms with Gasteiger partial charge in [0.2, 0.25) is 0 Å². The van der Waals surface area contributed by atoms with Crippen LogP contribution in [0.4, 0.5) is 15.8 Å². The van der Waals surface area contributed by atoms with E-state index in [-0.39, 0.29) is 11.1 Å². The number of benzene rings is 1. The van der Waals surface area contributed by atoms with Gasteiger partial charge in [-0.1, -0.05) is 11.6 Å². The molecule has 1 unspecified atom stereocenters. The number of halogens is 2. The summed E-state index contributed by atoms with van der Waals surface area (Å²) in [6.07, 6.45) is 2.31. The van der Waals surface area contributed by atoms with Gasteiger partial charge in [0.05, 0.1) is 22.7 Å². The van der Waals surface area contributed by atoms with Crippen LogP contribution in [-0.4, -0.2) is 6.04 Å². The third kappa shape index (κ3) is 2.96. The van der Waals surface area contributed by atoms with Crippen molar-refractivity contribution in [1.29, 1.82) is 0 Å². The number of anilines is 2. The van der Waals surface area contributed by atoms with E-state index in [1.54, 1.807) is 6.26 Å². The second-order valence-electron chi connectivity index (χ2n) is 4.18. The highest BCUT2D eigenvalue weighted by Gasteiger charge is 2.10. The molecule has 3 N–H and O–H groups in total. The summed E-state index contributed by atoms with van der Waals surface area (Å²) in [6.45, 7) is 1.97. The van der Waals surface area contributed by atoms with Crippen LogP contribution in [0.2, 0.25) is 5.02 Å². The average molecular weight is 269 g/mol. The molecule has 5 heteroatoms. The quantitative estimate of drug-likeness (QED) is 0.832. The normalized spacial score (nSPS) is 12.4. The van der Waals surface area contributed by atoms with Crippen LogP contribution in [0.1, 0.15) is 12.7 Å². The third-order valence-electron chi connectivity index (χ3n) is 2.58. The maximum atomic E-state index is 13.3. The SMILES string of the molecule is CC(Cc1ccco1)Nc1cc(F)c(Cl)cc1N. The highest BCUT2D eigenvalue weighted by molar-refractivity contribution is 6.31. The number of rotatable bonds is 4. The van der Waals surface area contributed by atoms with Gasteiger partial charge in [0.25, 0.3) is 0 Å². The molecule has 18 heavy (non-hydrogen) atoms. The van der Waals surface area contributed by atoms with Gasteiger partial charge in [-0.15, -0.1) is 0 Å². The molecule has 0 saturated heterocycles. The lowest BCUT2D eigenvalue weighted by Gasteiger charge is -2.16. The zero-order chi connectivity index (χ0) is 13.1. The fourth-order valence-electron chi connectivity index (χ4n) is 1.73. The molecule has 96 valence electrons. The third-order valence-corrected chi connectivity index (χ3v) is 2.87. The largest absolute Gasteiger partial charge is 0.469 e. The highest BCUT2D eigenvalue weighted by Crippen LogP contribution is 2.26. The smallest absolute Gasteiger partial charge is 0.143 e. The molecule has 1 aromatic carbocycles. The van der Waals surface area contributed by atoms with Gasteiger partial charge in [-0.2, -0.15) is 0 Å². The lowest BCUT2D eigenvalue weighted by molar-refractivity contribution is 0.498. The maximum Gasteiger partial charge on any atom is 0.143 e. The molecule has 0 aliphatic rings. The Morgan fingerprint density at radius 3 is 2.94 bits per heavy atom. The summed E-state index contributed by atoms with van der Waals surface area (Å²) in [4.78, 5) is 0. The van der Waals surface area contributed by atoms with Crippen LogP contribution < -0.4 is 11.1 Å². The summed E-state index contributed by atoms with van der Waals surface area (Å²) in [5.74, 6) is 0.376. The van der Waals surface area contributed by atoms with Gasteiger partial charge in [-0.3, -0.25) is 0 Å². The van der Waals surface area contributed by atoms with Crippen molar-refractivity contribution in [2.45, 2.75) is 19.4 Å². The Hall–Kier alpha value is -1.68. The predicted molar refractivity (Wildman–Crippen MR) is 71.3 cm³/mol. The molecule has 0 spiro atoms. The van der Waals surface area contributed by atoms with Crippen LogP contribution >= 0.6 is 11.6 Å². The zero-order valence-corrected chi connectivity index (χ0v) is 10.7. The van der Waals surface area contributed by atoms with Gasteiger partial charge in [0.1, 0.15) is 11.6 Å². The van der Waals surface area contributed by atoms with Crippen LogP contribution in [0.5, 0.6) is 0 Å². The topological polar surface area (TPSA) is 51.2 Å². The molecule has 0 fully saturated rings. The van der Waals surface area contributed by atoms with Gasteiger partial charge in [-0.05, 0) is 25.1 Å². The minimum absolute atomic E-state index is 0.0248. The van der Waals surface area contributed by atoms with Crippen molar-refractivity contribution in [2.75, 3.05) is 11.1 Å². The summed E-state index contributed by atoms with van der Waals surface area (Å²) in [7, 11) is 0. The number of nitrogen functional groups attached to an aromatic ring is 1. The number of hydrogen-bond acceptors (Lipinski definition) is 3. The molecule has 2 rings (SSSR count). The summed E-state index contributed by atoms with van der Waals surface area (Å²) in [6, 6.07) is 6.50. The summed E-state index contributed by atoms with van der Waals surface area (Å²) < 4.78 is 18.6. The Labute approximate surface area is 110 Å². The van der Waals surface area contributed by atoms with Crippen molar-refractivity contribution < 1.29 is 8.81 Å². The van der Waals surface area contributed by atoms with Crippen LogP contribution in [0.25, 0.3) is 0 Å². The van der Waals surface area contributed by atoms with Gasteiger partial charge < -0.3 is 15.5 Å². The summed E-state index contributed by atoms with van der Waals surface area (Å²) in [5, 5.41) is 3.16. The standard InChI is InChI=1S/C13H14ClFN2O/c1-8(5-9-3-2-4-18-9)17-13-7-11(15)10(14)6-12(13)16/h2-4,6-8,17H,5,16H2,1H3. The van der Waals surface area contributed by atoms with Gasteiger partial charge >= 0.3 is 0 Å². The molecule has 0 amide bonds. The van der Waals surface area contributed by atoms with Crippen molar-refractivity contribution in [2.24, 2.45) is 0 Å². The minimum atomic E-state index is -0.487. The second-order valence-corrected chi connectivity index (χ2v) is 4.59. The van der Waals surface area contributed by atoms with Crippen molar-refractivity contribution >= 4 is 23.0 Å². The van der Waals surface area contributed by atoms with Crippen molar-refractivity contribution in [1.82, 2.24) is 0 Å².